The largest absolute Gasteiger partial charge is 0.495 e. The number of benzene rings is 2. The van der Waals surface area contributed by atoms with Gasteiger partial charge in [0.25, 0.3) is 0 Å². The Kier molecular flexibility index (Phi) is 4.94. The molecule has 0 aliphatic rings. The van der Waals surface area contributed by atoms with Gasteiger partial charge in [-0.1, -0.05) is 54.2 Å². The first-order valence-corrected chi connectivity index (χ1v) is 9.48. The lowest BCUT2D eigenvalue weighted by Crippen LogP contribution is -2.20. The molecule has 2 heterocycles. The molecule has 0 aliphatic carbocycles. The number of nitrogens with zero attached hydrogens (tertiary/aromatic N) is 4. The number of ether oxygens (including phenoxy) is 1. The molecule has 28 heavy (non-hydrogen) atoms. The third kappa shape index (κ3) is 3.29. The Balaban J connectivity index is 1.64. The van der Waals surface area contributed by atoms with Crippen molar-refractivity contribution in [1.82, 2.24) is 19.2 Å². The van der Waals surface area contributed by atoms with Crippen molar-refractivity contribution in [1.29, 1.82) is 0 Å². The van der Waals surface area contributed by atoms with Gasteiger partial charge in [0.05, 0.1) is 18.6 Å². The van der Waals surface area contributed by atoms with Crippen LogP contribution in [-0.4, -0.2) is 37.8 Å². The molecule has 140 valence electrons. The summed E-state index contributed by atoms with van der Waals surface area (Å²) in [4.78, 5) is 25.2. The highest BCUT2D eigenvalue weighted by Gasteiger charge is 2.15. The van der Waals surface area contributed by atoms with Gasteiger partial charge in [0.15, 0.2) is 10.9 Å². The summed E-state index contributed by atoms with van der Waals surface area (Å²) in [6.45, 7) is 0. The second kappa shape index (κ2) is 7.69. The molecule has 0 aliphatic heterocycles. The maximum absolute atomic E-state index is 12.9. The Morgan fingerprint density at radius 3 is 2.57 bits per heavy atom. The number of hydrogen-bond acceptors (Lipinski definition) is 6. The zero-order valence-electron chi connectivity index (χ0n) is 15.0. The Hall–Kier alpha value is -3.39. The molecule has 0 atom stereocenters. The molecule has 0 bridgehead atoms. The summed E-state index contributed by atoms with van der Waals surface area (Å²) >= 11 is 1.24. The summed E-state index contributed by atoms with van der Waals surface area (Å²) in [6, 6.07) is 16.3. The van der Waals surface area contributed by atoms with Gasteiger partial charge in [0.2, 0.25) is 5.65 Å². The molecule has 0 N–H and O–H groups in total. The molecule has 0 radical (unpaired) electrons. The van der Waals surface area contributed by atoms with Crippen LogP contribution in [0.4, 0.5) is 0 Å². The van der Waals surface area contributed by atoms with Crippen LogP contribution in [0.3, 0.4) is 0 Å². The maximum Gasteiger partial charge on any atom is 0.300 e. The number of hydrogen-bond donors (Lipinski definition) is 0. The lowest BCUT2D eigenvalue weighted by molar-refractivity contribution is 0.102. The van der Waals surface area contributed by atoms with E-state index >= 15 is 0 Å². The molecule has 2 aromatic heterocycles. The molecule has 0 unspecified atom stereocenters. The van der Waals surface area contributed by atoms with Gasteiger partial charge >= 0.3 is 5.56 Å². The Bertz CT molecular complexity index is 1200. The van der Waals surface area contributed by atoms with Crippen molar-refractivity contribution in [3.63, 3.8) is 0 Å². The van der Waals surface area contributed by atoms with Crippen LogP contribution in [0.5, 0.6) is 5.75 Å². The number of rotatable bonds is 6. The second-order valence-corrected chi connectivity index (χ2v) is 6.84. The van der Waals surface area contributed by atoms with Crippen molar-refractivity contribution in [3.8, 4) is 11.4 Å². The molecule has 0 fully saturated rings. The molecule has 4 rings (SSSR count). The van der Waals surface area contributed by atoms with Gasteiger partial charge in [-0.2, -0.15) is 0 Å². The number of methoxy groups -OCH3 is 1. The fourth-order valence-electron chi connectivity index (χ4n) is 2.82. The maximum atomic E-state index is 12.9. The van der Waals surface area contributed by atoms with E-state index in [2.05, 4.69) is 10.2 Å². The average Bonchev–Trinajstić information content (AvgIpc) is 3.17. The van der Waals surface area contributed by atoms with Crippen molar-refractivity contribution < 1.29 is 9.53 Å². The van der Waals surface area contributed by atoms with Crippen molar-refractivity contribution in [3.05, 3.63) is 82.9 Å². The van der Waals surface area contributed by atoms with Crippen LogP contribution >= 0.6 is 11.8 Å². The van der Waals surface area contributed by atoms with Crippen LogP contribution in [0.25, 0.3) is 11.3 Å². The van der Waals surface area contributed by atoms with E-state index in [4.69, 9.17) is 4.74 Å². The van der Waals surface area contributed by atoms with Crippen molar-refractivity contribution in [2.75, 3.05) is 12.9 Å². The van der Waals surface area contributed by atoms with Gasteiger partial charge in [-0.25, -0.2) is 0 Å². The van der Waals surface area contributed by atoms with Gasteiger partial charge in [-0.05, 0) is 12.1 Å². The molecule has 0 amide bonds. The zero-order chi connectivity index (χ0) is 19.5. The summed E-state index contributed by atoms with van der Waals surface area (Å²) in [6.07, 6.45) is 3.35. The zero-order valence-corrected chi connectivity index (χ0v) is 15.8. The predicted molar refractivity (Wildman–Crippen MR) is 107 cm³/mol. The van der Waals surface area contributed by atoms with E-state index in [9.17, 15) is 9.59 Å². The van der Waals surface area contributed by atoms with Gasteiger partial charge < -0.3 is 4.74 Å². The SMILES string of the molecule is COc1ccccc1-n1ccn2c(SCC(=O)c3ccccc3)nnc2c1=O. The van der Waals surface area contributed by atoms with Crippen LogP contribution in [0.1, 0.15) is 10.4 Å². The van der Waals surface area contributed by atoms with Crippen LogP contribution < -0.4 is 10.3 Å². The number of para-hydroxylation sites is 2. The van der Waals surface area contributed by atoms with E-state index in [1.807, 2.05) is 30.3 Å². The highest BCUT2D eigenvalue weighted by atomic mass is 32.2. The second-order valence-electron chi connectivity index (χ2n) is 5.90. The number of carbonyl (C=O) groups excluding carboxylic acids is 1. The lowest BCUT2D eigenvalue weighted by atomic mass is 10.2. The molecule has 0 saturated heterocycles. The fraction of sp³-hybridized carbons (Fsp3) is 0.100. The Morgan fingerprint density at radius 2 is 1.79 bits per heavy atom. The summed E-state index contributed by atoms with van der Waals surface area (Å²) in [5.74, 6) is 0.779. The molecular weight excluding hydrogens is 376 g/mol. The summed E-state index contributed by atoms with van der Waals surface area (Å²) in [5.41, 5.74) is 1.13. The minimum atomic E-state index is -0.319. The fourth-order valence-corrected chi connectivity index (χ4v) is 3.63. The monoisotopic (exact) mass is 392 g/mol. The van der Waals surface area contributed by atoms with Gasteiger partial charge in [0, 0.05) is 18.0 Å². The van der Waals surface area contributed by atoms with E-state index < -0.39 is 0 Å². The third-order valence-corrected chi connectivity index (χ3v) is 5.16. The Morgan fingerprint density at radius 1 is 1.04 bits per heavy atom. The normalized spacial score (nSPS) is 10.9. The number of fused-ring (bicyclic) bond motifs is 1. The predicted octanol–water partition coefficient (Wildman–Crippen LogP) is 2.86. The van der Waals surface area contributed by atoms with Crippen LogP contribution in [0, 0.1) is 0 Å². The summed E-state index contributed by atoms with van der Waals surface area (Å²) in [5, 5.41) is 8.58. The molecule has 2 aromatic carbocycles. The minimum Gasteiger partial charge on any atom is -0.495 e. The number of Topliss-reactive ketones (excluding diaryl/α,β-unsaturated/α-hetero) is 1. The molecule has 8 heteroatoms. The topological polar surface area (TPSA) is 78.5 Å². The highest BCUT2D eigenvalue weighted by molar-refractivity contribution is 7.99. The molecule has 0 spiro atoms. The quantitative estimate of drug-likeness (QED) is 0.371. The molecule has 7 nitrogen and oxygen atoms in total. The van der Waals surface area contributed by atoms with Crippen LogP contribution in [0.2, 0.25) is 0 Å². The van der Waals surface area contributed by atoms with Crippen molar-refractivity contribution in [2.45, 2.75) is 5.16 Å². The number of aromatic nitrogens is 4. The number of carbonyl (C=O) groups is 1. The molecule has 4 aromatic rings. The summed E-state index contributed by atoms with van der Waals surface area (Å²) < 4.78 is 8.39. The lowest BCUT2D eigenvalue weighted by Gasteiger charge is -2.10. The Labute approximate surface area is 164 Å². The van der Waals surface area contributed by atoms with Crippen molar-refractivity contribution in [2.24, 2.45) is 0 Å². The number of thioether (sulfide) groups is 1. The molecular formula is C20H16N4O3S. The first-order chi connectivity index (χ1) is 13.7. The first-order valence-electron chi connectivity index (χ1n) is 8.50. The van der Waals surface area contributed by atoms with Crippen molar-refractivity contribution >= 4 is 23.2 Å². The first kappa shape index (κ1) is 18.0. The standard InChI is InChI=1S/C20H16N4O3S/c1-27-17-10-6-5-9-15(17)23-11-12-24-18(19(23)26)21-22-20(24)28-13-16(25)14-7-3-2-4-8-14/h2-12H,13H2,1H3. The summed E-state index contributed by atoms with van der Waals surface area (Å²) in [7, 11) is 1.55. The van der Waals surface area contributed by atoms with Crippen LogP contribution in [-0.2, 0) is 0 Å². The smallest absolute Gasteiger partial charge is 0.300 e. The van der Waals surface area contributed by atoms with E-state index in [1.165, 1.54) is 16.3 Å². The van der Waals surface area contributed by atoms with E-state index in [1.54, 1.807) is 48.2 Å². The van der Waals surface area contributed by atoms with E-state index in [-0.39, 0.29) is 22.7 Å². The third-order valence-electron chi connectivity index (χ3n) is 4.21. The average molecular weight is 392 g/mol. The van der Waals surface area contributed by atoms with Crippen LogP contribution in [0.15, 0.2) is 76.9 Å². The highest BCUT2D eigenvalue weighted by Crippen LogP contribution is 2.22. The van der Waals surface area contributed by atoms with Gasteiger partial charge in [0.1, 0.15) is 5.75 Å². The number of ketones is 1. The van der Waals surface area contributed by atoms with E-state index in [0.29, 0.717) is 22.2 Å². The van der Waals surface area contributed by atoms with Gasteiger partial charge in [-0.3, -0.25) is 18.6 Å². The minimum absolute atomic E-state index is 0.00952. The van der Waals surface area contributed by atoms with E-state index in [0.717, 1.165) is 0 Å². The molecule has 0 saturated carbocycles. The van der Waals surface area contributed by atoms with Gasteiger partial charge in [-0.15, -0.1) is 10.2 Å².